The van der Waals surface area contributed by atoms with Gasteiger partial charge >= 0.3 is 0 Å². The molecule has 0 radical (unpaired) electrons. The van der Waals surface area contributed by atoms with Crippen molar-refractivity contribution in [2.45, 2.75) is 13.3 Å². The molecule has 0 saturated carbocycles. The monoisotopic (exact) mass is 250 g/mol. The molecular weight excluding hydrogens is 239 g/mol. The molecule has 0 aliphatic rings. The van der Waals surface area contributed by atoms with Crippen molar-refractivity contribution < 1.29 is 4.39 Å². The van der Waals surface area contributed by atoms with Crippen molar-refractivity contribution in [2.24, 2.45) is 0 Å². The Labute approximate surface area is 104 Å². The molecule has 1 aromatic carbocycles. The molecule has 0 aliphatic carbocycles. The van der Waals surface area contributed by atoms with Crippen LogP contribution in [0.4, 0.5) is 4.39 Å². The molecule has 0 atom stereocenters. The third-order valence-corrected chi connectivity index (χ3v) is 2.55. The first-order valence-corrected chi connectivity index (χ1v) is 5.89. The summed E-state index contributed by atoms with van der Waals surface area (Å²) in [5.41, 5.74) is 2.57. The van der Waals surface area contributed by atoms with Crippen LogP contribution in [0.15, 0.2) is 30.3 Å². The lowest BCUT2D eigenvalue weighted by Crippen LogP contribution is -2.00. The average molecular weight is 251 g/mol. The van der Waals surface area contributed by atoms with E-state index in [1.54, 1.807) is 12.1 Å². The van der Waals surface area contributed by atoms with E-state index in [4.69, 9.17) is 11.6 Å². The van der Waals surface area contributed by atoms with Gasteiger partial charge in [-0.15, -0.1) is 11.6 Å². The van der Waals surface area contributed by atoms with Crippen molar-refractivity contribution in [2.75, 3.05) is 5.88 Å². The minimum absolute atomic E-state index is 0.250. The first-order valence-electron chi connectivity index (χ1n) is 5.35. The minimum atomic E-state index is -0.250. The van der Waals surface area contributed by atoms with E-state index in [1.165, 1.54) is 12.1 Å². The zero-order valence-electron chi connectivity index (χ0n) is 9.45. The maximum atomic E-state index is 12.8. The fraction of sp³-hybridized carbons (Fsp3) is 0.231. The summed E-state index contributed by atoms with van der Waals surface area (Å²) in [7, 11) is 0. The minimum Gasteiger partial charge on any atom is -0.238 e. The van der Waals surface area contributed by atoms with E-state index in [9.17, 15) is 4.39 Å². The maximum absolute atomic E-state index is 12.8. The number of rotatable bonds is 3. The third-order valence-electron chi connectivity index (χ3n) is 2.36. The van der Waals surface area contributed by atoms with E-state index in [-0.39, 0.29) is 5.82 Å². The highest BCUT2D eigenvalue weighted by Crippen LogP contribution is 2.18. The lowest BCUT2D eigenvalue weighted by atomic mass is 10.1. The molecule has 4 heteroatoms. The van der Waals surface area contributed by atoms with Gasteiger partial charge in [-0.25, -0.2) is 14.4 Å². The summed E-state index contributed by atoms with van der Waals surface area (Å²) in [6.45, 7) is 1.91. The van der Waals surface area contributed by atoms with Gasteiger partial charge in [-0.1, -0.05) is 0 Å². The largest absolute Gasteiger partial charge is 0.238 e. The van der Waals surface area contributed by atoms with Gasteiger partial charge in [-0.2, -0.15) is 0 Å². The van der Waals surface area contributed by atoms with Crippen molar-refractivity contribution in [3.8, 4) is 11.3 Å². The molecule has 0 bridgehead atoms. The van der Waals surface area contributed by atoms with Crippen molar-refractivity contribution in [1.82, 2.24) is 9.97 Å². The first kappa shape index (κ1) is 12.0. The van der Waals surface area contributed by atoms with Crippen LogP contribution in [0.5, 0.6) is 0 Å². The second-order valence-corrected chi connectivity index (χ2v) is 4.13. The zero-order valence-corrected chi connectivity index (χ0v) is 10.2. The van der Waals surface area contributed by atoms with Gasteiger partial charge in [0.1, 0.15) is 11.6 Å². The zero-order chi connectivity index (χ0) is 12.3. The Kier molecular flexibility index (Phi) is 3.69. The van der Waals surface area contributed by atoms with Gasteiger partial charge in [-0.3, -0.25) is 0 Å². The molecule has 0 spiro atoms. The molecule has 1 aromatic heterocycles. The number of alkyl halides is 1. The van der Waals surface area contributed by atoms with E-state index < -0.39 is 0 Å². The summed E-state index contributed by atoms with van der Waals surface area (Å²) < 4.78 is 12.8. The van der Waals surface area contributed by atoms with Crippen molar-refractivity contribution in [3.05, 3.63) is 47.7 Å². The maximum Gasteiger partial charge on any atom is 0.130 e. The number of nitrogens with zero attached hydrogens (tertiary/aromatic N) is 2. The predicted molar refractivity (Wildman–Crippen MR) is 66.6 cm³/mol. The van der Waals surface area contributed by atoms with Gasteiger partial charge in [0.2, 0.25) is 0 Å². The highest BCUT2D eigenvalue weighted by atomic mass is 35.5. The number of hydrogen-bond donors (Lipinski definition) is 0. The van der Waals surface area contributed by atoms with Crippen LogP contribution in [0.3, 0.4) is 0 Å². The highest BCUT2D eigenvalue weighted by Gasteiger charge is 2.04. The lowest BCUT2D eigenvalue weighted by Gasteiger charge is -2.05. The Morgan fingerprint density at radius 1 is 1.18 bits per heavy atom. The number of aryl methyl sites for hydroxylation is 2. The van der Waals surface area contributed by atoms with E-state index in [2.05, 4.69) is 9.97 Å². The molecule has 0 fully saturated rings. The van der Waals surface area contributed by atoms with Crippen molar-refractivity contribution in [3.63, 3.8) is 0 Å². The molecule has 88 valence electrons. The molecule has 0 saturated heterocycles. The standard InChI is InChI=1S/C13H12ClFN2/c1-9-8-12(17-13(16-9)6-7-14)10-2-4-11(15)5-3-10/h2-5,8H,6-7H2,1H3. The van der Waals surface area contributed by atoms with E-state index in [1.807, 2.05) is 13.0 Å². The van der Waals surface area contributed by atoms with Crippen LogP contribution in [0.2, 0.25) is 0 Å². The molecular formula is C13H12ClFN2. The topological polar surface area (TPSA) is 25.8 Å². The average Bonchev–Trinajstić information content (AvgIpc) is 2.29. The summed E-state index contributed by atoms with van der Waals surface area (Å²) in [6, 6.07) is 8.15. The second-order valence-electron chi connectivity index (χ2n) is 3.76. The fourth-order valence-electron chi connectivity index (χ4n) is 1.59. The Balaban J connectivity index is 2.40. The van der Waals surface area contributed by atoms with Crippen molar-refractivity contribution >= 4 is 11.6 Å². The Hall–Kier alpha value is -1.48. The number of benzene rings is 1. The Bertz CT molecular complexity index is 511. The second kappa shape index (κ2) is 5.23. The van der Waals surface area contributed by atoms with Crippen molar-refractivity contribution in [1.29, 1.82) is 0 Å². The normalized spacial score (nSPS) is 10.5. The molecule has 2 rings (SSSR count). The van der Waals surface area contributed by atoms with Crippen LogP contribution >= 0.6 is 11.6 Å². The number of halogens is 2. The van der Waals surface area contributed by atoms with Gasteiger partial charge in [0, 0.05) is 23.6 Å². The van der Waals surface area contributed by atoms with Crippen LogP contribution in [-0.4, -0.2) is 15.8 Å². The van der Waals surface area contributed by atoms with E-state index >= 15 is 0 Å². The molecule has 1 heterocycles. The summed E-state index contributed by atoms with van der Waals surface area (Å²) in [4.78, 5) is 8.70. The summed E-state index contributed by atoms with van der Waals surface area (Å²) >= 11 is 5.68. The van der Waals surface area contributed by atoms with Crippen LogP contribution in [0.25, 0.3) is 11.3 Å². The smallest absolute Gasteiger partial charge is 0.130 e. The molecule has 2 aromatic rings. The molecule has 2 nitrogen and oxygen atoms in total. The van der Waals surface area contributed by atoms with Gasteiger partial charge < -0.3 is 0 Å². The molecule has 0 unspecified atom stereocenters. The lowest BCUT2D eigenvalue weighted by molar-refractivity contribution is 0.628. The van der Waals surface area contributed by atoms with Gasteiger partial charge in [0.15, 0.2) is 0 Å². The highest BCUT2D eigenvalue weighted by molar-refractivity contribution is 6.17. The molecule has 0 N–H and O–H groups in total. The summed E-state index contributed by atoms with van der Waals surface area (Å²) in [5.74, 6) is 0.964. The Morgan fingerprint density at radius 2 is 1.88 bits per heavy atom. The first-order chi connectivity index (χ1) is 8.19. The van der Waals surface area contributed by atoms with Crippen LogP contribution in [0.1, 0.15) is 11.5 Å². The van der Waals surface area contributed by atoms with Crippen LogP contribution in [0, 0.1) is 12.7 Å². The van der Waals surface area contributed by atoms with Crippen LogP contribution < -0.4 is 0 Å². The van der Waals surface area contributed by atoms with E-state index in [0.29, 0.717) is 12.3 Å². The quantitative estimate of drug-likeness (QED) is 0.781. The molecule has 17 heavy (non-hydrogen) atoms. The predicted octanol–water partition coefficient (Wildman–Crippen LogP) is 3.37. The molecule has 0 amide bonds. The van der Waals surface area contributed by atoms with E-state index in [0.717, 1.165) is 22.8 Å². The van der Waals surface area contributed by atoms with Gasteiger partial charge in [0.25, 0.3) is 0 Å². The van der Waals surface area contributed by atoms with Gasteiger partial charge in [0.05, 0.1) is 5.69 Å². The van der Waals surface area contributed by atoms with Crippen LogP contribution in [-0.2, 0) is 6.42 Å². The number of hydrogen-bond acceptors (Lipinski definition) is 2. The third kappa shape index (κ3) is 3.01. The molecule has 0 aliphatic heterocycles. The van der Waals surface area contributed by atoms with Gasteiger partial charge in [-0.05, 0) is 37.3 Å². The summed E-state index contributed by atoms with van der Waals surface area (Å²) in [5, 5.41) is 0. The number of aromatic nitrogens is 2. The Morgan fingerprint density at radius 3 is 2.53 bits per heavy atom. The fourth-order valence-corrected chi connectivity index (χ4v) is 1.76. The summed E-state index contributed by atoms with van der Waals surface area (Å²) in [6.07, 6.45) is 0.636. The SMILES string of the molecule is Cc1cc(-c2ccc(F)cc2)nc(CCCl)n1.